The summed E-state index contributed by atoms with van der Waals surface area (Å²) in [5, 5.41) is 7.43. The molecule has 1 aromatic heterocycles. The molecule has 1 saturated carbocycles. The lowest BCUT2D eigenvalue weighted by atomic mass is 10.1. The van der Waals surface area contributed by atoms with Crippen LogP contribution in [0.25, 0.3) is 10.9 Å². The summed E-state index contributed by atoms with van der Waals surface area (Å²) in [5.74, 6) is 0.791. The van der Waals surface area contributed by atoms with E-state index in [0.29, 0.717) is 11.2 Å². The lowest BCUT2D eigenvalue weighted by Crippen LogP contribution is -2.29. The molecule has 132 valence electrons. The number of nitrogens with one attached hydrogen (secondary N) is 2. The van der Waals surface area contributed by atoms with Gasteiger partial charge in [-0.25, -0.2) is 9.97 Å². The van der Waals surface area contributed by atoms with E-state index in [9.17, 15) is 4.79 Å². The summed E-state index contributed by atoms with van der Waals surface area (Å²) in [6, 6.07) is 18.0. The molecule has 1 fully saturated rings. The van der Waals surface area contributed by atoms with Crippen molar-refractivity contribution in [2.45, 2.75) is 29.3 Å². The second-order valence-electron chi connectivity index (χ2n) is 6.31. The summed E-state index contributed by atoms with van der Waals surface area (Å²) in [6.07, 6.45) is 2.13. The maximum Gasteiger partial charge on any atom is 0.238 e. The molecule has 0 unspecified atom stereocenters. The summed E-state index contributed by atoms with van der Waals surface area (Å²) in [4.78, 5) is 22.1. The Balaban J connectivity index is 1.68. The Labute approximate surface area is 156 Å². The third-order valence-electron chi connectivity index (χ3n) is 4.31. The zero-order chi connectivity index (χ0) is 17.9. The quantitative estimate of drug-likeness (QED) is 0.515. The molecular weight excluding hydrogens is 344 g/mol. The topological polar surface area (TPSA) is 66.9 Å². The van der Waals surface area contributed by atoms with Gasteiger partial charge in [0.25, 0.3) is 0 Å². The number of anilines is 1. The van der Waals surface area contributed by atoms with Crippen molar-refractivity contribution in [3.8, 4) is 0 Å². The zero-order valence-corrected chi connectivity index (χ0v) is 15.3. The fourth-order valence-electron chi connectivity index (χ4n) is 2.81. The van der Waals surface area contributed by atoms with Crippen molar-refractivity contribution in [1.82, 2.24) is 15.3 Å². The molecule has 26 heavy (non-hydrogen) atoms. The average Bonchev–Trinajstić information content (AvgIpc) is 3.50. The van der Waals surface area contributed by atoms with E-state index in [2.05, 4.69) is 20.6 Å². The second kappa shape index (κ2) is 7.33. The highest BCUT2D eigenvalue weighted by Gasteiger charge is 2.29. The fourth-order valence-corrected chi connectivity index (χ4v) is 3.78. The number of amides is 1. The van der Waals surface area contributed by atoms with Crippen molar-refractivity contribution >= 4 is 34.4 Å². The molecule has 4 rings (SSSR count). The number of rotatable bonds is 6. The number of carbonyl (C=O) groups is 1. The number of hydrogen-bond acceptors (Lipinski definition) is 5. The molecule has 1 aliphatic rings. The Morgan fingerprint density at radius 2 is 1.81 bits per heavy atom. The van der Waals surface area contributed by atoms with Gasteiger partial charge in [0.2, 0.25) is 5.91 Å². The first-order chi connectivity index (χ1) is 12.7. The van der Waals surface area contributed by atoms with Crippen LogP contribution in [0.2, 0.25) is 0 Å². The molecule has 0 radical (unpaired) electrons. The summed E-state index contributed by atoms with van der Waals surface area (Å²) < 4.78 is 0. The van der Waals surface area contributed by atoms with Crippen molar-refractivity contribution in [3.05, 3.63) is 60.2 Å². The molecule has 0 bridgehead atoms. The molecular formula is C20H20N4OS. The molecule has 0 saturated heterocycles. The lowest BCUT2D eigenvalue weighted by molar-refractivity contribution is -0.120. The normalized spacial score (nSPS) is 14.8. The average molecular weight is 364 g/mol. The lowest BCUT2D eigenvalue weighted by Gasteiger charge is -2.17. The van der Waals surface area contributed by atoms with Crippen molar-refractivity contribution in [2.24, 2.45) is 0 Å². The third kappa shape index (κ3) is 3.65. The summed E-state index contributed by atoms with van der Waals surface area (Å²) in [5.41, 5.74) is 1.82. The largest absolute Gasteiger partial charge is 0.372 e. The number of hydrogen-bond donors (Lipinski definition) is 2. The maximum absolute atomic E-state index is 12.8. The highest BCUT2D eigenvalue weighted by atomic mass is 32.2. The predicted molar refractivity (Wildman–Crippen MR) is 105 cm³/mol. The number of fused-ring (bicyclic) bond motifs is 1. The summed E-state index contributed by atoms with van der Waals surface area (Å²) >= 11 is 1.39. The first-order valence-corrected chi connectivity index (χ1v) is 9.59. The Kier molecular flexibility index (Phi) is 4.75. The number of benzene rings is 2. The number of thioether (sulfide) groups is 1. The van der Waals surface area contributed by atoms with Gasteiger partial charge in [0.15, 0.2) is 5.16 Å². The van der Waals surface area contributed by atoms with Gasteiger partial charge in [0, 0.05) is 18.5 Å². The molecule has 1 amide bonds. The predicted octanol–water partition coefficient (Wildman–Crippen LogP) is 3.78. The van der Waals surface area contributed by atoms with Crippen molar-refractivity contribution in [1.29, 1.82) is 0 Å². The zero-order valence-electron chi connectivity index (χ0n) is 14.5. The highest BCUT2D eigenvalue weighted by molar-refractivity contribution is 8.00. The molecule has 1 heterocycles. The minimum atomic E-state index is -0.373. The van der Waals surface area contributed by atoms with Crippen LogP contribution < -0.4 is 10.6 Å². The Hall–Kier alpha value is -2.60. The molecule has 3 aromatic rings. The van der Waals surface area contributed by atoms with E-state index in [-0.39, 0.29) is 11.2 Å². The molecule has 0 aliphatic heterocycles. The summed E-state index contributed by atoms with van der Waals surface area (Å²) in [7, 11) is 1.84. The smallest absolute Gasteiger partial charge is 0.238 e. The van der Waals surface area contributed by atoms with E-state index < -0.39 is 0 Å². The van der Waals surface area contributed by atoms with E-state index in [1.165, 1.54) is 11.8 Å². The van der Waals surface area contributed by atoms with Crippen LogP contribution >= 0.6 is 11.8 Å². The standard InChI is InChI=1S/C20H20N4OS/c1-21-18-15-9-5-6-10-16(15)23-20(24-18)26-17(13-7-3-2-4-8-13)19(25)22-14-11-12-14/h2-10,14,17H,11-12H2,1H3,(H,22,25)(H,21,23,24)/t17-/m0/s1. The van der Waals surface area contributed by atoms with Gasteiger partial charge in [0.05, 0.1) is 5.52 Å². The molecule has 1 aliphatic carbocycles. The number of nitrogens with zero attached hydrogens (tertiary/aromatic N) is 2. The second-order valence-corrected chi connectivity index (χ2v) is 7.39. The SMILES string of the molecule is CNc1nc(S[C@H](C(=O)NC2CC2)c2ccccc2)nc2ccccc12. The minimum absolute atomic E-state index is 0.0199. The number of carbonyl (C=O) groups excluding carboxylic acids is 1. The highest BCUT2D eigenvalue weighted by Crippen LogP contribution is 2.36. The molecule has 0 spiro atoms. The van der Waals surface area contributed by atoms with Gasteiger partial charge in [-0.2, -0.15) is 0 Å². The van der Waals surface area contributed by atoms with E-state index in [1.807, 2.05) is 61.6 Å². The van der Waals surface area contributed by atoms with Crippen LogP contribution in [0.15, 0.2) is 59.8 Å². The van der Waals surface area contributed by atoms with Crippen LogP contribution in [0.5, 0.6) is 0 Å². The van der Waals surface area contributed by atoms with Gasteiger partial charge in [-0.15, -0.1) is 0 Å². The Morgan fingerprint density at radius 1 is 1.08 bits per heavy atom. The third-order valence-corrected chi connectivity index (χ3v) is 5.42. The fraction of sp³-hybridized carbons (Fsp3) is 0.250. The van der Waals surface area contributed by atoms with Gasteiger partial charge in [-0.1, -0.05) is 54.2 Å². The van der Waals surface area contributed by atoms with Crippen molar-refractivity contribution in [3.63, 3.8) is 0 Å². The monoisotopic (exact) mass is 364 g/mol. The molecule has 1 atom stereocenters. The van der Waals surface area contributed by atoms with Gasteiger partial charge >= 0.3 is 0 Å². The van der Waals surface area contributed by atoms with Gasteiger partial charge in [-0.3, -0.25) is 4.79 Å². The van der Waals surface area contributed by atoms with E-state index in [1.54, 1.807) is 0 Å². The molecule has 2 N–H and O–H groups in total. The number of aromatic nitrogens is 2. The van der Waals surface area contributed by atoms with Crippen LogP contribution in [0, 0.1) is 0 Å². The molecule has 5 nitrogen and oxygen atoms in total. The molecule has 6 heteroatoms. The van der Waals surface area contributed by atoms with Crippen LogP contribution in [0.3, 0.4) is 0 Å². The van der Waals surface area contributed by atoms with E-state index in [0.717, 1.165) is 35.1 Å². The Bertz CT molecular complexity index is 928. The van der Waals surface area contributed by atoms with Crippen molar-refractivity contribution in [2.75, 3.05) is 12.4 Å². The Morgan fingerprint density at radius 3 is 2.54 bits per heavy atom. The van der Waals surface area contributed by atoms with Crippen LogP contribution in [0.4, 0.5) is 5.82 Å². The first kappa shape index (κ1) is 16.8. The van der Waals surface area contributed by atoms with E-state index >= 15 is 0 Å². The van der Waals surface area contributed by atoms with Crippen molar-refractivity contribution < 1.29 is 4.79 Å². The number of para-hydroxylation sites is 1. The molecule has 2 aromatic carbocycles. The van der Waals surface area contributed by atoms with Gasteiger partial charge in [-0.05, 0) is 30.5 Å². The summed E-state index contributed by atoms with van der Waals surface area (Å²) in [6.45, 7) is 0. The first-order valence-electron chi connectivity index (χ1n) is 8.71. The van der Waals surface area contributed by atoms with Crippen LogP contribution in [-0.4, -0.2) is 29.0 Å². The minimum Gasteiger partial charge on any atom is -0.372 e. The maximum atomic E-state index is 12.8. The van der Waals surface area contributed by atoms with Gasteiger partial charge in [0.1, 0.15) is 11.1 Å². The van der Waals surface area contributed by atoms with Crippen LogP contribution in [0.1, 0.15) is 23.7 Å². The van der Waals surface area contributed by atoms with E-state index in [4.69, 9.17) is 0 Å². The van der Waals surface area contributed by atoms with Gasteiger partial charge < -0.3 is 10.6 Å². The van der Waals surface area contributed by atoms with Crippen LogP contribution in [-0.2, 0) is 4.79 Å².